The highest BCUT2D eigenvalue weighted by atomic mass is 19.4. The number of aromatic nitrogens is 3. The number of aryl methyl sites for hydroxylation is 1. The molecule has 0 saturated carbocycles. The number of hydrogen-bond acceptors (Lipinski definition) is 6. The molecule has 1 aliphatic rings. The van der Waals surface area contributed by atoms with Gasteiger partial charge >= 0.3 is 6.18 Å². The molecule has 0 aliphatic carbocycles. The highest BCUT2D eigenvalue weighted by Crippen LogP contribution is 2.30. The molecule has 6 nitrogen and oxygen atoms in total. The van der Waals surface area contributed by atoms with Crippen LogP contribution in [0.1, 0.15) is 16.8 Å². The largest absolute Gasteiger partial charge is 0.416 e. The number of anilines is 2. The molecule has 3 aromatic rings. The topological polar surface area (TPSA) is 57.2 Å². The Labute approximate surface area is 172 Å². The molecule has 3 heterocycles. The number of rotatable bonds is 4. The van der Waals surface area contributed by atoms with Crippen molar-refractivity contribution in [1.82, 2.24) is 20.1 Å². The van der Waals surface area contributed by atoms with E-state index in [1.165, 1.54) is 6.07 Å². The van der Waals surface area contributed by atoms with Crippen LogP contribution in [-0.2, 0) is 12.7 Å². The van der Waals surface area contributed by atoms with Gasteiger partial charge in [0.2, 0.25) is 0 Å². The molecule has 9 heteroatoms. The van der Waals surface area contributed by atoms with Crippen molar-refractivity contribution < 1.29 is 13.2 Å². The van der Waals surface area contributed by atoms with E-state index >= 15 is 0 Å². The van der Waals surface area contributed by atoms with Gasteiger partial charge in [-0.3, -0.25) is 4.98 Å². The number of alkyl halides is 3. The van der Waals surface area contributed by atoms with E-state index in [4.69, 9.17) is 0 Å². The number of benzene rings is 1. The van der Waals surface area contributed by atoms with Crippen molar-refractivity contribution in [3.05, 3.63) is 53.3 Å². The smallest absolute Gasteiger partial charge is 0.368 e. The maximum absolute atomic E-state index is 13.0. The molecule has 4 rings (SSSR count). The first-order chi connectivity index (χ1) is 14.3. The summed E-state index contributed by atoms with van der Waals surface area (Å²) in [5.41, 5.74) is 2.29. The summed E-state index contributed by atoms with van der Waals surface area (Å²) in [6.07, 6.45) is -2.52. The lowest BCUT2D eigenvalue weighted by Gasteiger charge is -2.34. The van der Waals surface area contributed by atoms with E-state index in [9.17, 15) is 13.2 Å². The molecule has 1 aliphatic heterocycles. The minimum absolute atomic E-state index is 0.204. The molecule has 1 aromatic carbocycles. The molecular weight excluding hydrogens is 393 g/mol. The first-order valence-corrected chi connectivity index (χ1v) is 9.78. The molecular formula is C21H23F3N6. The fraction of sp³-hybridized carbons (Fsp3) is 0.381. The third kappa shape index (κ3) is 4.30. The summed E-state index contributed by atoms with van der Waals surface area (Å²) in [4.78, 5) is 9.15. The third-order valence-corrected chi connectivity index (χ3v) is 5.35. The first kappa shape index (κ1) is 20.3. The fourth-order valence-electron chi connectivity index (χ4n) is 3.56. The molecule has 30 heavy (non-hydrogen) atoms. The molecule has 1 saturated heterocycles. The number of pyridine rings is 1. The molecule has 1 N–H and O–H groups in total. The van der Waals surface area contributed by atoms with Crippen molar-refractivity contribution in [2.45, 2.75) is 19.6 Å². The fourth-order valence-corrected chi connectivity index (χ4v) is 3.56. The van der Waals surface area contributed by atoms with Crippen molar-refractivity contribution in [2.75, 3.05) is 43.4 Å². The van der Waals surface area contributed by atoms with Crippen LogP contribution in [0.25, 0.3) is 10.9 Å². The summed E-state index contributed by atoms with van der Waals surface area (Å²) in [5.74, 6) is 0.511. The van der Waals surface area contributed by atoms with E-state index in [1.54, 1.807) is 6.07 Å². The quantitative estimate of drug-likeness (QED) is 0.700. The Bertz CT molecular complexity index is 1040. The summed E-state index contributed by atoms with van der Waals surface area (Å²) >= 11 is 0. The number of fused-ring (bicyclic) bond motifs is 1. The van der Waals surface area contributed by atoms with Gasteiger partial charge in [-0.2, -0.15) is 18.3 Å². The monoisotopic (exact) mass is 416 g/mol. The Balaban J connectivity index is 1.61. The SMILES string of the molecule is Cc1nnc(NCc2cccc(C(F)(F)F)c2)c2cc(N3CCN(C)CC3)cnc12. The number of likely N-dealkylation sites (N-methyl/N-ethyl adjacent to an activating group) is 1. The minimum atomic E-state index is -4.37. The number of hydrogen-bond donors (Lipinski definition) is 1. The van der Waals surface area contributed by atoms with Crippen molar-refractivity contribution in [3.8, 4) is 0 Å². The van der Waals surface area contributed by atoms with Gasteiger partial charge in [0.05, 0.1) is 28.7 Å². The summed E-state index contributed by atoms with van der Waals surface area (Å²) in [6.45, 7) is 5.82. The zero-order valence-corrected chi connectivity index (χ0v) is 16.9. The van der Waals surface area contributed by atoms with Gasteiger partial charge in [-0.05, 0) is 37.7 Å². The van der Waals surface area contributed by atoms with Crippen LogP contribution in [0.3, 0.4) is 0 Å². The Morgan fingerprint density at radius 1 is 1.07 bits per heavy atom. The third-order valence-electron chi connectivity index (χ3n) is 5.35. The van der Waals surface area contributed by atoms with E-state index in [2.05, 4.69) is 37.3 Å². The summed E-state index contributed by atoms with van der Waals surface area (Å²) in [6, 6.07) is 7.30. The summed E-state index contributed by atoms with van der Waals surface area (Å²) < 4.78 is 38.9. The molecule has 0 amide bonds. The Kier molecular flexibility index (Phi) is 5.46. The van der Waals surface area contributed by atoms with Gasteiger partial charge in [-0.1, -0.05) is 12.1 Å². The lowest BCUT2D eigenvalue weighted by atomic mass is 10.1. The van der Waals surface area contributed by atoms with Crippen LogP contribution in [0.5, 0.6) is 0 Å². The lowest BCUT2D eigenvalue weighted by Crippen LogP contribution is -2.44. The Morgan fingerprint density at radius 2 is 1.83 bits per heavy atom. The lowest BCUT2D eigenvalue weighted by molar-refractivity contribution is -0.137. The van der Waals surface area contributed by atoms with Crippen molar-refractivity contribution >= 4 is 22.4 Å². The van der Waals surface area contributed by atoms with Crippen LogP contribution in [0.2, 0.25) is 0 Å². The van der Waals surface area contributed by atoms with Crippen LogP contribution < -0.4 is 10.2 Å². The second-order valence-corrected chi connectivity index (χ2v) is 7.57. The molecule has 1 fully saturated rings. The van der Waals surface area contributed by atoms with E-state index in [1.807, 2.05) is 19.2 Å². The number of nitrogens with zero attached hydrogens (tertiary/aromatic N) is 5. The zero-order valence-electron chi connectivity index (χ0n) is 16.9. The molecule has 0 atom stereocenters. The Hall–Kier alpha value is -2.94. The first-order valence-electron chi connectivity index (χ1n) is 9.78. The van der Waals surface area contributed by atoms with Gasteiger partial charge in [0.25, 0.3) is 0 Å². The standard InChI is InChI=1S/C21H23F3N6/c1-14-19-18(11-17(13-25-19)30-8-6-29(2)7-9-30)20(28-27-14)26-12-15-4-3-5-16(10-15)21(22,23)24/h3-5,10-11,13H,6-9,12H2,1-2H3,(H,26,28). The van der Waals surface area contributed by atoms with Crippen LogP contribution in [0.4, 0.5) is 24.7 Å². The molecule has 0 unspecified atom stereocenters. The highest BCUT2D eigenvalue weighted by Gasteiger charge is 2.30. The second-order valence-electron chi connectivity index (χ2n) is 7.57. The molecule has 0 spiro atoms. The van der Waals surface area contributed by atoms with Crippen molar-refractivity contribution in [1.29, 1.82) is 0 Å². The maximum atomic E-state index is 13.0. The average molecular weight is 416 g/mol. The molecule has 0 radical (unpaired) electrons. The molecule has 2 aromatic heterocycles. The second kappa shape index (κ2) is 8.06. The molecule has 0 bridgehead atoms. The van der Waals surface area contributed by atoms with E-state index in [0.717, 1.165) is 54.9 Å². The summed E-state index contributed by atoms with van der Waals surface area (Å²) in [5, 5.41) is 12.3. The Morgan fingerprint density at radius 3 is 2.57 bits per heavy atom. The van der Waals surface area contributed by atoms with Gasteiger partial charge in [0, 0.05) is 38.1 Å². The minimum Gasteiger partial charge on any atom is -0.368 e. The van der Waals surface area contributed by atoms with Crippen molar-refractivity contribution in [3.63, 3.8) is 0 Å². The van der Waals surface area contributed by atoms with Gasteiger partial charge in [-0.25, -0.2) is 0 Å². The zero-order chi connectivity index (χ0) is 21.3. The number of nitrogens with one attached hydrogen (secondary N) is 1. The van der Waals surface area contributed by atoms with Gasteiger partial charge in [0.1, 0.15) is 0 Å². The highest BCUT2D eigenvalue weighted by molar-refractivity contribution is 5.92. The van der Waals surface area contributed by atoms with E-state index in [0.29, 0.717) is 17.1 Å². The van der Waals surface area contributed by atoms with Gasteiger partial charge in [-0.15, -0.1) is 5.10 Å². The maximum Gasteiger partial charge on any atom is 0.416 e. The van der Waals surface area contributed by atoms with Gasteiger partial charge in [0.15, 0.2) is 5.82 Å². The predicted molar refractivity (Wildman–Crippen MR) is 111 cm³/mol. The normalized spacial score (nSPS) is 15.6. The van der Waals surface area contributed by atoms with E-state index < -0.39 is 11.7 Å². The van der Waals surface area contributed by atoms with E-state index in [-0.39, 0.29) is 6.54 Å². The van der Waals surface area contributed by atoms with Crippen LogP contribution in [0.15, 0.2) is 36.5 Å². The molecule has 158 valence electrons. The number of piperazine rings is 1. The number of halogens is 3. The summed E-state index contributed by atoms with van der Waals surface area (Å²) in [7, 11) is 2.10. The average Bonchev–Trinajstić information content (AvgIpc) is 2.73. The van der Waals surface area contributed by atoms with Crippen molar-refractivity contribution in [2.24, 2.45) is 0 Å². The van der Waals surface area contributed by atoms with Gasteiger partial charge < -0.3 is 15.1 Å². The van der Waals surface area contributed by atoms with Crippen LogP contribution in [-0.4, -0.2) is 53.3 Å². The van der Waals surface area contributed by atoms with Crippen LogP contribution >= 0.6 is 0 Å². The van der Waals surface area contributed by atoms with Crippen LogP contribution in [0, 0.1) is 6.92 Å². The predicted octanol–water partition coefficient (Wildman–Crippen LogP) is 3.72.